The van der Waals surface area contributed by atoms with Crippen LogP contribution in [0.2, 0.25) is 0 Å². The largest absolute Gasteiger partial charge is 0.338 e. The molecule has 0 spiro atoms. The van der Waals surface area contributed by atoms with Crippen LogP contribution in [-0.2, 0) is 6.42 Å². The molecule has 0 aromatic carbocycles. The molecule has 4 nitrogen and oxygen atoms in total. The topological polar surface area (TPSA) is 55.0 Å². The van der Waals surface area contributed by atoms with E-state index < -0.39 is 0 Å². The fraction of sp³-hybridized carbons (Fsp3) is 0.692. The summed E-state index contributed by atoms with van der Waals surface area (Å²) in [5, 5.41) is 0. The molecule has 0 bridgehead atoms. The zero-order chi connectivity index (χ0) is 12.3. The molecule has 1 aromatic heterocycles. The highest BCUT2D eigenvalue weighted by Crippen LogP contribution is 2.24. The van der Waals surface area contributed by atoms with Gasteiger partial charge in [-0.2, -0.15) is 0 Å². The van der Waals surface area contributed by atoms with Crippen molar-refractivity contribution in [1.29, 1.82) is 0 Å². The smallest absolute Gasteiger partial charge is 0.225 e. The van der Waals surface area contributed by atoms with Crippen molar-refractivity contribution in [3.63, 3.8) is 0 Å². The molecule has 2 heterocycles. The summed E-state index contributed by atoms with van der Waals surface area (Å²) in [4.78, 5) is 11.3. The molecule has 94 valence electrons. The molecule has 4 heteroatoms. The molecule has 1 saturated heterocycles. The lowest BCUT2D eigenvalue weighted by Gasteiger charge is -2.36. The maximum atomic E-state index is 5.52. The first-order valence-electron chi connectivity index (χ1n) is 6.48. The maximum absolute atomic E-state index is 5.52. The zero-order valence-electron chi connectivity index (χ0n) is 10.8. The van der Waals surface area contributed by atoms with Crippen molar-refractivity contribution in [2.75, 3.05) is 18.0 Å². The Labute approximate surface area is 103 Å². The number of hydrogen-bond acceptors (Lipinski definition) is 4. The Morgan fingerprint density at radius 3 is 2.65 bits per heavy atom. The molecule has 1 fully saturated rings. The Morgan fingerprint density at radius 1 is 1.29 bits per heavy atom. The van der Waals surface area contributed by atoms with Crippen molar-refractivity contribution in [2.45, 2.75) is 39.2 Å². The van der Waals surface area contributed by atoms with Gasteiger partial charge in [-0.15, -0.1) is 0 Å². The molecule has 17 heavy (non-hydrogen) atoms. The maximum Gasteiger partial charge on any atom is 0.225 e. The molecule has 2 unspecified atom stereocenters. The monoisotopic (exact) mass is 234 g/mol. The quantitative estimate of drug-likeness (QED) is 0.863. The third-order valence-corrected chi connectivity index (χ3v) is 3.50. The van der Waals surface area contributed by atoms with Gasteiger partial charge in [-0.3, -0.25) is 0 Å². The van der Waals surface area contributed by atoms with Crippen LogP contribution in [0, 0.1) is 5.92 Å². The van der Waals surface area contributed by atoms with Crippen molar-refractivity contribution >= 4 is 5.95 Å². The molecule has 2 rings (SSSR count). The van der Waals surface area contributed by atoms with E-state index in [0.717, 1.165) is 30.4 Å². The predicted octanol–water partition coefficient (Wildman–Crippen LogP) is 1.60. The van der Waals surface area contributed by atoms with E-state index in [1.807, 2.05) is 12.4 Å². The van der Waals surface area contributed by atoms with Gasteiger partial charge >= 0.3 is 0 Å². The third kappa shape index (κ3) is 2.94. The van der Waals surface area contributed by atoms with Crippen LogP contribution in [0.5, 0.6) is 0 Å². The van der Waals surface area contributed by atoms with Gasteiger partial charge in [0.25, 0.3) is 0 Å². The highest BCUT2D eigenvalue weighted by atomic mass is 15.3. The van der Waals surface area contributed by atoms with Crippen LogP contribution in [0.1, 0.15) is 32.3 Å². The minimum Gasteiger partial charge on any atom is -0.338 e. The second-order valence-electron chi connectivity index (χ2n) is 5.11. The molecule has 1 aromatic rings. The number of hydrogen-bond donors (Lipinski definition) is 1. The average Bonchev–Trinajstić information content (AvgIpc) is 2.34. The van der Waals surface area contributed by atoms with Gasteiger partial charge < -0.3 is 10.6 Å². The fourth-order valence-electron chi connectivity index (χ4n) is 2.36. The van der Waals surface area contributed by atoms with E-state index >= 15 is 0 Å². The van der Waals surface area contributed by atoms with E-state index in [-0.39, 0.29) is 0 Å². The highest BCUT2D eigenvalue weighted by molar-refractivity contribution is 5.32. The molecule has 2 N–H and O–H groups in total. The Bertz CT molecular complexity index is 349. The number of piperidine rings is 1. The number of anilines is 1. The molecule has 0 aliphatic carbocycles. The summed E-state index contributed by atoms with van der Waals surface area (Å²) in [6, 6.07) is 0.548. The highest BCUT2D eigenvalue weighted by Gasteiger charge is 2.24. The minimum absolute atomic E-state index is 0.548. The summed E-state index contributed by atoms with van der Waals surface area (Å²) in [5.41, 5.74) is 6.64. The molecular weight excluding hydrogens is 212 g/mol. The first kappa shape index (κ1) is 12.3. The first-order valence-corrected chi connectivity index (χ1v) is 6.48. The Hall–Kier alpha value is -1.16. The van der Waals surface area contributed by atoms with Crippen LogP contribution >= 0.6 is 0 Å². The Morgan fingerprint density at radius 2 is 2.00 bits per heavy atom. The molecule has 2 atom stereocenters. The SMILES string of the molecule is CC1CCC(C)N(c2ncc(CCN)cn2)C1. The van der Waals surface area contributed by atoms with Crippen molar-refractivity contribution in [3.05, 3.63) is 18.0 Å². The van der Waals surface area contributed by atoms with E-state index in [9.17, 15) is 0 Å². The zero-order valence-corrected chi connectivity index (χ0v) is 10.8. The summed E-state index contributed by atoms with van der Waals surface area (Å²) in [5.74, 6) is 1.60. The molecule has 1 aliphatic heterocycles. The van der Waals surface area contributed by atoms with Crippen LogP contribution in [0.15, 0.2) is 12.4 Å². The van der Waals surface area contributed by atoms with Gasteiger partial charge in [-0.1, -0.05) is 6.92 Å². The van der Waals surface area contributed by atoms with Crippen molar-refractivity contribution in [3.8, 4) is 0 Å². The van der Waals surface area contributed by atoms with Crippen molar-refractivity contribution in [1.82, 2.24) is 9.97 Å². The van der Waals surface area contributed by atoms with E-state index in [1.165, 1.54) is 12.8 Å². The van der Waals surface area contributed by atoms with Gasteiger partial charge in [-0.05, 0) is 44.2 Å². The van der Waals surface area contributed by atoms with Crippen LogP contribution in [0.4, 0.5) is 5.95 Å². The van der Waals surface area contributed by atoms with Crippen LogP contribution in [0.25, 0.3) is 0 Å². The lowest BCUT2D eigenvalue weighted by atomic mass is 9.95. The molecule has 0 amide bonds. The van der Waals surface area contributed by atoms with Crippen LogP contribution < -0.4 is 10.6 Å². The molecule has 0 radical (unpaired) electrons. The second-order valence-corrected chi connectivity index (χ2v) is 5.11. The van der Waals surface area contributed by atoms with Crippen molar-refractivity contribution in [2.24, 2.45) is 11.7 Å². The Kier molecular flexibility index (Phi) is 3.94. The third-order valence-electron chi connectivity index (χ3n) is 3.50. The second kappa shape index (κ2) is 5.45. The number of rotatable bonds is 3. The molecule has 1 aliphatic rings. The van der Waals surface area contributed by atoms with Gasteiger partial charge in [0, 0.05) is 25.0 Å². The van der Waals surface area contributed by atoms with E-state index in [0.29, 0.717) is 12.6 Å². The summed E-state index contributed by atoms with van der Waals surface area (Å²) in [7, 11) is 0. The van der Waals surface area contributed by atoms with Crippen molar-refractivity contribution < 1.29 is 0 Å². The van der Waals surface area contributed by atoms with Crippen LogP contribution in [-0.4, -0.2) is 29.1 Å². The summed E-state index contributed by atoms with van der Waals surface area (Å²) in [6.07, 6.45) is 7.20. The summed E-state index contributed by atoms with van der Waals surface area (Å²) >= 11 is 0. The summed E-state index contributed by atoms with van der Waals surface area (Å²) < 4.78 is 0. The molecule has 0 saturated carbocycles. The predicted molar refractivity (Wildman–Crippen MR) is 70.0 cm³/mol. The molecular formula is C13H22N4. The van der Waals surface area contributed by atoms with Gasteiger partial charge in [0.15, 0.2) is 0 Å². The fourth-order valence-corrected chi connectivity index (χ4v) is 2.36. The van der Waals surface area contributed by atoms with Crippen LogP contribution in [0.3, 0.4) is 0 Å². The number of nitrogens with zero attached hydrogens (tertiary/aromatic N) is 3. The van der Waals surface area contributed by atoms with E-state index in [2.05, 4.69) is 28.7 Å². The summed E-state index contributed by atoms with van der Waals surface area (Å²) in [6.45, 7) is 6.27. The van der Waals surface area contributed by atoms with Gasteiger partial charge in [-0.25, -0.2) is 9.97 Å². The van der Waals surface area contributed by atoms with E-state index in [4.69, 9.17) is 5.73 Å². The number of nitrogens with two attached hydrogens (primary N) is 1. The average molecular weight is 234 g/mol. The standard InChI is InChI=1S/C13H22N4/c1-10-3-4-11(2)17(9-10)13-15-7-12(5-6-14)8-16-13/h7-8,10-11H,3-6,9,14H2,1-2H3. The first-order chi connectivity index (χ1) is 8.20. The van der Waals surface area contributed by atoms with E-state index in [1.54, 1.807) is 0 Å². The normalized spacial score (nSPS) is 25.0. The number of aromatic nitrogens is 2. The van der Waals surface area contributed by atoms with Gasteiger partial charge in [0.1, 0.15) is 0 Å². The van der Waals surface area contributed by atoms with Gasteiger partial charge in [0.2, 0.25) is 5.95 Å². The lowest BCUT2D eigenvalue weighted by Crippen LogP contribution is -2.42. The Balaban J connectivity index is 2.10. The lowest BCUT2D eigenvalue weighted by molar-refractivity contribution is 0.385. The van der Waals surface area contributed by atoms with Gasteiger partial charge in [0.05, 0.1) is 0 Å². The minimum atomic E-state index is 0.548.